The number of hydrogen-bond donors (Lipinski definition) is 1. The summed E-state index contributed by atoms with van der Waals surface area (Å²) in [6, 6.07) is 13.3. The van der Waals surface area contributed by atoms with Gasteiger partial charge in [-0.15, -0.1) is 11.3 Å². The fourth-order valence-corrected chi connectivity index (χ4v) is 5.27. The van der Waals surface area contributed by atoms with E-state index in [0.717, 1.165) is 22.4 Å². The third-order valence-electron chi connectivity index (χ3n) is 5.18. The van der Waals surface area contributed by atoms with Crippen molar-refractivity contribution in [2.24, 2.45) is 0 Å². The Bertz CT molecular complexity index is 1390. The van der Waals surface area contributed by atoms with E-state index in [1.807, 2.05) is 49.6 Å². The standard InChI is InChI=1S/C25H25N3O4S2/c1-15-9-16(2)11-18(10-15)28-24(30)23-19(7-8-33-23)27-25(28)34-14-22(29)26-13-17-5-6-20(31-3)21(12-17)32-4/h5-12H,13-14H2,1-4H3,(H,26,29). The molecule has 2 aromatic heterocycles. The van der Waals surface area contributed by atoms with E-state index in [4.69, 9.17) is 9.47 Å². The van der Waals surface area contributed by atoms with Crippen LogP contribution in [0, 0.1) is 13.8 Å². The van der Waals surface area contributed by atoms with Crippen LogP contribution in [-0.4, -0.2) is 35.4 Å². The summed E-state index contributed by atoms with van der Waals surface area (Å²) >= 11 is 2.61. The van der Waals surface area contributed by atoms with Crippen LogP contribution in [0.15, 0.2) is 57.8 Å². The predicted molar refractivity (Wildman–Crippen MR) is 137 cm³/mol. The Morgan fingerprint density at radius 1 is 1.06 bits per heavy atom. The number of rotatable bonds is 8. The number of benzene rings is 2. The van der Waals surface area contributed by atoms with Gasteiger partial charge in [0, 0.05) is 6.54 Å². The molecular formula is C25H25N3O4S2. The summed E-state index contributed by atoms with van der Waals surface area (Å²) in [6.07, 6.45) is 0. The molecule has 7 nitrogen and oxygen atoms in total. The zero-order chi connectivity index (χ0) is 24.2. The van der Waals surface area contributed by atoms with Gasteiger partial charge >= 0.3 is 0 Å². The lowest BCUT2D eigenvalue weighted by Gasteiger charge is -2.14. The normalized spacial score (nSPS) is 10.9. The van der Waals surface area contributed by atoms with Gasteiger partial charge in [0.15, 0.2) is 16.7 Å². The number of aromatic nitrogens is 2. The van der Waals surface area contributed by atoms with Crippen molar-refractivity contribution in [1.82, 2.24) is 14.9 Å². The largest absolute Gasteiger partial charge is 0.493 e. The van der Waals surface area contributed by atoms with Gasteiger partial charge in [0.2, 0.25) is 5.91 Å². The Morgan fingerprint density at radius 2 is 1.79 bits per heavy atom. The molecule has 176 valence electrons. The van der Waals surface area contributed by atoms with Gasteiger partial charge in [0.1, 0.15) is 4.70 Å². The van der Waals surface area contributed by atoms with Gasteiger partial charge in [-0.1, -0.05) is 23.9 Å². The molecule has 0 atom stereocenters. The molecule has 0 fully saturated rings. The zero-order valence-electron chi connectivity index (χ0n) is 19.4. The first-order valence-electron chi connectivity index (χ1n) is 10.6. The second-order valence-electron chi connectivity index (χ2n) is 7.77. The third kappa shape index (κ3) is 5.10. The van der Waals surface area contributed by atoms with Crippen LogP contribution in [0.25, 0.3) is 15.9 Å². The molecule has 0 saturated heterocycles. The van der Waals surface area contributed by atoms with Crippen LogP contribution in [-0.2, 0) is 11.3 Å². The molecule has 0 spiro atoms. The van der Waals surface area contributed by atoms with E-state index >= 15 is 0 Å². The quantitative estimate of drug-likeness (QED) is 0.287. The van der Waals surface area contributed by atoms with Crippen LogP contribution >= 0.6 is 23.1 Å². The van der Waals surface area contributed by atoms with Crippen molar-refractivity contribution in [3.05, 3.63) is 74.9 Å². The molecule has 1 amide bonds. The van der Waals surface area contributed by atoms with Gasteiger partial charge in [-0.25, -0.2) is 4.98 Å². The van der Waals surface area contributed by atoms with Crippen LogP contribution in [0.5, 0.6) is 11.5 Å². The zero-order valence-corrected chi connectivity index (χ0v) is 21.0. The number of amides is 1. The molecule has 2 aromatic carbocycles. The van der Waals surface area contributed by atoms with E-state index < -0.39 is 0 Å². The van der Waals surface area contributed by atoms with Crippen molar-refractivity contribution in [3.8, 4) is 17.2 Å². The van der Waals surface area contributed by atoms with E-state index in [0.29, 0.717) is 33.4 Å². The van der Waals surface area contributed by atoms with Crippen LogP contribution in [0.2, 0.25) is 0 Å². The number of carbonyl (C=O) groups excluding carboxylic acids is 1. The summed E-state index contributed by atoms with van der Waals surface area (Å²) in [5.74, 6) is 1.20. The summed E-state index contributed by atoms with van der Waals surface area (Å²) in [5, 5.41) is 5.26. The molecule has 4 rings (SSSR count). The number of aryl methyl sites for hydroxylation is 2. The first-order chi connectivity index (χ1) is 16.4. The number of nitrogens with one attached hydrogen (secondary N) is 1. The maximum Gasteiger partial charge on any atom is 0.276 e. The lowest BCUT2D eigenvalue weighted by Crippen LogP contribution is -2.26. The maximum atomic E-state index is 13.3. The van der Waals surface area contributed by atoms with Gasteiger partial charge in [-0.3, -0.25) is 14.2 Å². The minimum Gasteiger partial charge on any atom is -0.493 e. The van der Waals surface area contributed by atoms with Crippen molar-refractivity contribution in [1.29, 1.82) is 0 Å². The predicted octanol–water partition coefficient (Wildman–Crippen LogP) is 4.49. The molecule has 0 radical (unpaired) electrons. The van der Waals surface area contributed by atoms with Crippen LogP contribution in [0.4, 0.5) is 0 Å². The Labute approximate surface area is 205 Å². The lowest BCUT2D eigenvalue weighted by atomic mass is 10.1. The number of methoxy groups -OCH3 is 2. The molecule has 0 aliphatic heterocycles. The molecule has 2 heterocycles. The second kappa shape index (κ2) is 10.3. The Hall–Kier alpha value is -3.30. The van der Waals surface area contributed by atoms with E-state index in [9.17, 15) is 9.59 Å². The number of thiophene rings is 1. The highest BCUT2D eigenvalue weighted by Gasteiger charge is 2.16. The smallest absolute Gasteiger partial charge is 0.276 e. The van der Waals surface area contributed by atoms with Crippen molar-refractivity contribution in [2.75, 3.05) is 20.0 Å². The average molecular weight is 496 g/mol. The van der Waals surface area contributed by atoms with Gasteiger partial charge in [0.05, 0.1) is 31.2 Å². The van der Waals surface area contributed by atoms with Crippen LogP contribution in [0.1, 0.15) is 16.7 Å². The summed E-state index contributed by atoms with van der Waals surface area (Å²) in [6.45, 7) is 4.33. The molecule has 34 heavy (non-hydrogen) atoms. The summed E-state index contributed by atoms with van der Waals surface area (Å²) in [7, 11) is 3.15. The molecule has 0 saturated carbocycles. The van der Waals surface area contributed by atoms with E-state index in [2.05, 4.69) is 16.4 Å². The minimum atomic E-state index is -0.161. The van der Waals surface area contributed by atoms with Crippen molar-refractivity contribution < 1.29 is 14.3 Å². The Morgan fingerprint density at radius 3 is 2.50 bits per heavy atom. The minimum absolute atomic E-state index is 0.125. The summed E-state index contributed by atoms with van der Waals surface area (Å²) in [5.41, 5.74) is 4.26. The average Bonchev–Trinajstić information content (AvgIpc) is 3.29. The number of carbonyl (C=O) groups is 1. The monoisotopic (exact) mass is 495 g/mol. The molecule has 0 unspecified atom stereocenters. The third-order valence-corrected chi connectivity index (χ3v) is 7.01. The van der Waals surface area contributed by atoms with Crippen molar-refractivity contribution in [3.63, 3.8) is 0 Å². The molecule has 9 heteroatoms. The highest BCUT2D eigenvalue weighted by Crippen LogP contribution is 2.28. The number of ether oxygens (including phenoxy) is 2. The van der Waals surface area contributed by atoms with Gasteiger partial charge in [-0.05, 0) is 66.2 Å². The first kappa shape index (κ1) is 23.8. The molecule has 0 bridgehead atoms. The number of fused-ring (bicyclic) bond motifs is 1. The SMILES string of the molecule is COc1ccc(CNC(=O)CSc2nc3ccsc3c(=O)n2-c2cc(C)cc(C)c2)cc1OC. The molecule has 0 aliphatic carbocycles. The van der Waals surface area contributed by atoms with E-state index in [-0.39, 0.29) is 17.2 Å². The molecule has 4 aromatic rings. The van der Waals surface area contributed by atoms with Crippen molar-refractivity contribution in [2.45, 2.75) is 25.5 Å². The number of thioether (sulfide) groups is 1. The van der Waals surface area contributed by atoms with Crippen LogP contribution in [0.3, 0.4) is 0 Å². The molecule has 0 aliphatic rings. The lowest BCUT2D eigenvalue weighted by molar-refractivity contribution is -0.118. The number of hydrogen-bond acceptors (Lipinski definition) is 7. The van der Waals surface area contributed by atoms with Crippen LogP contribution < -0.4 is 20.3 Å². The van der Waals surface area contributed by atoms with E-state index in [1.54, 1.807) is 24.9 Å². The van der Waals surface area contributed by atoms with E-state index in [1.165, 1.54) is 23.1 Å². The molecular weight excluding hydrogens is 470 g/mol. The van der Waals surface area contributed by atoms with Gasteiger partial charge < -0.3 is 14.8 Å². The van der Waals surface area contributed by atoms with Crippen molar-refractivity contribution >= 4 is 39.2 Å². The second-order valence-corrected chi connectivity index (χ2v) is 9.63. The fraction of sp³-hybridized carbons (Fsp3) is 0.240. The number of nitrogens with zero attached hydrogens (tertiary/aromatic N) is 2. The summed E-state index contributed by atoms with van der Waals surface area (Å²) in [4.78, 5) is 30.6. The molecule has 1 N–H and O–H groups in total. The highest BCUT2D eigenvalue weighted by molar-refractivity contribution is 7.99. The van der Waals surface area contributed by atoms with Gasteiger partial charge in [0.25, 0.3) is 5.56 Å². The topological polar surface area (TPSA) is 82.5 Å². The highest BCUT2D eigenvalue weighted by atomic mass is 32.2. The summed E-state index contributed by atoms with van der Waals surface area (Å²) < 4.78 is 12.8. The van der Waals surface area contributed by atoms with Gasteiger partial charge in [-0.2, -0.15) is 0 Å². The Kier molecular flexibility index (Phi) is 7.23. The maximum absolute atomic E-state index is 13.3. The first-order valence-corrected chi connectivity index (χ1v) is 12.5. The Balaban J connectivity index is 1.54. The fourth-order valence-electron chi connectivity index (χ4n) is 3.67.